The van der Waals surface area contributed by atoms with E-state index in [0.717, 1.165) is 5.82 Å². The third-order valence-corrected chi connectivity index (χ3v) is 3.56. The second kappa shape index (κ2) is 4.96. The van der Waals surface area contributed by atoms with Crippen molar-refractivity contribution < 1.29 is 24.4 Å². The normalized spacial score (nSPS) is 10.9. The number of nitrogens with zero attached hydrogens (tertiary/aromatic N) is 2. The van der Waals surface area contributed by atoms with Crippen molar-refractivity contribution in [2.45, 2.75) is 33.9 Å². The van der Waals surface area contributed by atoms with Crippen molar-refractivity contribution in [2.75, 3.05) is 0 Å². The van der Waals surface area contributed by atoms with Crippen LogP contribution in [0.1, 0.15) is 40.4 Å². The number of benzene rings is 1. The molecule has 0 unspecified atom stereocenters. The predicted molar refractivity (Wildman–Crippen MR) is 69.5 cm³/mol. The summed E-state index contributed by atoms with van der Waals surface area (Å²) in [5.74, 6) is -1.79. The summed E-state index contributed by atoms with van der Waals surface area (Å²) < 4.78 is 3.92. The van der Waals surface area contributed by atoms with E-state index in [1.54, 1.807) is 0 Å². The van der Waals surface area contributed by atoms with Gasteiger partial charge in [-0.1, -0.05) is 0 Å². The highest BCUT2D eigenvalue weighted by atomic mass is 16.4. The van der Waals surface area contributed by atoms with Crippen LogP contribution in [0.25, 0.3) is 11.0 Å². The van der Waals surface area contributed by atoms with Gasteiger partial charge in [0.05, 0.1) is 24.6 Å². The van der Waals surface area contributed by atoms with Crippen LogP contribution in [-0.2, 0) is 13.1 Å². The molecule has 1 aromatic carbocycles. The minimum absolute atomic E-state index is 0.243. The van der Waals surface area contributed by atoms with Crippen LogP contribution in [-0.4, -0.2) is 21.6 Å². The Hall–Kier alpha value is -2.37. The average Bonchev–Trinajstić information content (AvgIpc) is 2.67. The molecular formula is C14H16N2O4. The van der Waals surface area contributed by atoms with E-state index in [-0.39, 0.29) is 11.1 Å². The Morgan fingerprint density at radius 3 is 2.40 bits per heavy atom. The number of rotatable bonds is 4. The van der Waals surface area contributed by atoms with E-state index in [2.05, 4.69) is 0 Å². The number of imidazole rings is 1. The lowest BCUT2D eigenvalue weighted by atomic mass is 10.1. The summed E-state index contributed by atoms with van der Waals surface area (Å²) in [4.78, 5) is 22.4. The number of aryl methyl sites for hydroxylation is 2. The quantitative estimate of drug-likeness (QED) is 0.816. The van der Waals surface area contributed by atoms with Gasteiger partial charge in [0.25, 0.3) is 5.82 Å². The molecule has 0 saturated heterocycles. The van der Waals surface area contributed by atoms with Crippen molar-refractivity contribution in [2.24, 2.45) is 0 Å². The molecule has 0 fully saturated rings. The van der Waals surface area contributed by atoms with Gasteiger partial charge in [-0.15, -0.1) is 0 Å². The maximum Gasteiger partial charge on any atom is 0.336 e. The zero-order valence-electron chi connectivity index (χ0n) is 11.6. The molecule has 0 bridgehead atoms. The van der Waals surface area contributed by atoms with Gasteiger partial charge in [-0.25, -0.2) is 13.9 Å². The van der Waals surface area contributed by atoms with Crippen molar-refractivity contribution in [1.82, 2.24) is 4.57 Å². The van der Waals surface area contributed by atoms with Crippen molar-refractivity contribution >= 4 is 23.0 Å². The summed E-state index contributed by atoms with van der Waals surface area (Å²) in [7, 11) is 0. The van der Waals surface area contributed by atoms with Crippen molar-refractivity contribution in [1.29, 1.82) is 0 Å². The Kier molecular flexibility index (Phi) is 3.48. The number of carboxylic acids is 2. The smallest absolute Gasteiger partial charge is 0.336 e. The molecule has 1 N–H and O–H groups in total. The van der Waals surface area contributed by atoms with Crippen LogP contribution in [0.5, 0.6) is 0 Å². The van der Waals surface area contributed by atoms with E-state index in [1.807, 2.05) is 29.9 Å². The molecule has 6 heteroatoms. The fourth-order valence-electron chi connectivity index (χ4n) is 2.65. The topological polar surface area (TPSA) is 86.2 Å². The molecule has 0 radical (unpaired) electrons. The summed E-state index contributed by atoms with van der Waals surface area (Å²) in [5.41, 5.74) is 0.888. The third-order valence-electron chi connectivity index (χ3n) is 3.56. The molecule has 0 aliphatic carbocycles. The number of fused-ring (bicyclic) bond motifs is 1. The fraction of sp³-hybridized carbons (Fsp3) is 0.357. The number of hydrogen-bond acceptors (Lipinski definition) is 3. The fourth-order valence-corrected chi connectivity index (χ4v) is 2.65. The van der Waals surface area contributed by atoms with Crippen molar-refractivity contribution in [3.63, 3.8) is 0 Å². The zero-order chi connectivity index (χ0) is 15.0. The second-order valence-corrected chi connectivity index (χ2v) is 4.51. The van der Waals surface area contributed by atoms with E-state index in [9.17, 15) is 14.7 Å². The number of hydrogen-bond donors (Lipinski definition) is 1. The van der Waals surface area contributed by atoms with E-state index >= 15 is 0 Å². The Morgan fingerprint density at radius 1 is 1.30 bits per heavy atom. The third kappa shape index (κ3) is 1.93. The molecule has 1 heterocycles. The summed E-state index contributed by atoms with van der Waals surface area (Å²) in [5, 5.41) is 20.3. The molecule has 0 aliphatic heterocycles. The molecule has 2 aromatic rings. The van der Waals surface area contributed by atoms with Crippen LogP contribution in [0.3, 0.4) is 0 Å². The first kappa shape index (κ1) is 14.0. The number of aromatic carboxylic acids is 2. The number of carbonyl (C=O) groups is 2. The summed E-state index contributed by atoms with van der Waals surface area (Å²) in [6, 6.07) is 2.79. The van der Waals surface area contributed by atoms with Crippen LogP contribution in [0.15, 0.2) is 12.1 Å². The Bertz CT molecular complexity index is 657. The molecule has 0 atom stereocenters. The highest BCUT2D eigenvalue weighted by molar-refractivity contribution is 6.04. The van der Waals surface area contributed by atoms with Gasteiger partial charge in [0.2, 0.25) is 0 Å². The van der Waals surface area contributed by atoms with Gasteiger partial charge in [0.15, 0.2) is 11.0 Å². The van der Waals surface area contributed by atoms with Crippen LogP contribution in [0.4, 0.5) is 0 Å². The van der Waals surface area contributed by atoms with Gasteiger partial charge in [-0.2, -0.15) is 0 Å². The first-order valence-electron chi connectivity index (χ1n) is 6.43. The largest absolute Gasteiger partial charge is 0.545 e. The molecule has 2 rings (SSSR count). The monoisotopic (exact) mass is 276 g/mol. The SMILES string of the molecule is CCn1c(C)[n+](CC)c2cc(C(=O)O)c(C(=O)[O-])cc21. The van der Waals surface area contributed by atoms with E-state index < -0.39 is 11.9 Å². The van der Waals surface area contributed by atoms with Crippen LogP contribution in [0, 0.1) is 6.92 Å². The van der Waals surface area contributed by atoms with Gasteiger partial charge in [0.1, 0.15) is 0 Å². The molecule has 106 valence electrons. The lowest BCUT2D eigenvalue weighted by Gasteiger charge is -2.06. The molecule has 1 aromatic heterocycles. The minimum Gasteiger partial charge on any atom is -0.545 e. The number of aromatic nitrogens is 2. The molecule has 0 spiro atoms. The zero-order valence-corrected chi connectivity index (χ0v) is 11.6. The Balaban J connectivity index is 2.94. The predicted octanol–water partition coefficient (Wildman–Crippen LogP) is 0.339. The molecule has 0 aliphatic rings. The van der Waals surface area contributed by atoms with Crippen LogP contribution >= 0.6 is 0 Å². The highest BCUT2D eigenvalue weighted by Gasteiger charge is 2.23. The Labute approximate surface area is 115 Å². The van der Waals surface area contributed by atoms with E-state index in [1.165, 1.54) is 12.1 Å². The van der Waals surface area contributed by atoms with Crippen LogP contribution < -0.4 is 9.67 Å². The Morgan fingerprint density at radius 2 is 1.95 bits per heavy atom. The van der Waals surface area contributed by atoms with E-state index in [0.29, 0.717) is 24.1 Å². The van der Waals surface area contributed by atoms with Gasteiger partial charge in [-0.3, -0.25) is 0 Å². The molecule has 20 heavy (non-hydrogen) atoms. The van der Waals surface area contributed by atoms with Gasteiger partial charge in [-0.05, 0) is 19.9 Å². The maximum atomic E-state index is 11.2. The molecular weight excluding hydrogens is 260 g/mol. The summed E-state index contributed by atoms with van der Waals surface area (Å²) in [6.45, 7) is 7.19. The highest BCUT2D eigenvalue weighted by Crippen LogP contribution is 2.20. The van der Waals surface area contributed by atoms with Gasteiger partial charge < -0.3 is 15.0 Å². The first-order valence-corrected chi connectivity index (χ1v) is 6.43. The molecule has 0 amide bonds. The second-order valence-electron chi connectivity index (χ2n) is 4.51. The first-order chi connectivity index (χ1) is 9.42. The van der Waals surface area contributed by atoms with Crippen molar-refractivity contribution in [3.05, 3.63) is 29.1 Å². The van der Waals surface area contributed by atoms with Crippen LogP contribution in [0.2, 0.25) is 0 Å². The standard InChI is InChI=1S/C14H16N2O4/c1-4-15-8(3)16(5-2)12-7-10(14(19)20)9(13(17)18)6-11(12)15/h6-7H,4-5H2,1-3H3,(H-,17,18,19,20). The average molecular weight is 276 g/mol. The molecule has 6 nitrogen and oxygen atoms in total. The maximum absolute atomic E-state index is 11.2. The van der Waals surface area contributed by atoms with Gasteiger partial charge in [0, 0.05) is 18.6 Å². The summed E-state index contributed by atoms with van der Waals surface area (Å²) >= 11 is 0. The number of carbonyl (C=O) groups excluding carboxylic acids is 1. The van der Waals surface area contributed by atoms with Crippen molar-refractivity contribution in [3.8, 4) is 0 Å². The lowest BCUT2D eigenvalue weighted by molar-refractivity contribution is -0.674. The van der Waals surface area contributed by atoms with Gasteiger partial charge >= 0.3 is 5.97 Å². The van der Waals surface area contributed by atoms with E-state index in [4.69, 9.17) is 5.11 Å². The molecule has 0 saturated carbocycles. The lowest BCUT2D eigenvalue weighted by Crippen LogP contribution is -2.35. The summed E-state index contributed by atoms with van der Waals surface area (Å²) in [6.07, 6.45) is 0. The number of carboxylic acid groups (broad SMARTS) is 2. The minimum atomic E-state index is -1.48.